The molecule has 2 aliphatic heterocycles. The van der Waals surface area contributed by atoms with Crippen molar-refractivity contribution in [1.82, 2.24) is 9.80 Å². The van der Waals surface area contributed by atoms with Gasteiger partial charge in [-0.15, -0.1) is 11.3 Å². The summed E-state index contributed by atoms with van der Waals surface area (Å²) in [5, 5.41) is 13.3. The summed E-state index contributed by atoms with van der Waals surface area (Å²) in [6, 6.07) is 18.3. The lowest BCUT2D eigenvalue weighted by Crippen LogP contribution is -2.48. The van der Waals surface area contributed by atoms with Gasteiger partial charge < -0.3 is 10.0 Å². The minimum atomic E-state index is -1.51. The Hall–Kier alpha value is -2.96. The minimum Gasteiger partial charge on any atom is -0.367 e. The second-order valence-corrected chi connectivity index (χ2v) is 8.25. The number of nitrogens with zero attached hydrogens (tertiary/aromatic N) is 2. The lowest BCUT2D eigenvalue weighted by molar-refractivity contribution is -0.113. The van der Waals surface area contributed by atoms with E-state index in [9.17, 15) is 14.7 Å². The number of amides is 2. The molecular weight excluding hydrogens is 372 g/mol. The second-order valence-electron chi connectivity index (χ2n) is 7.21. The first-order valence-electron chi connectivity index (χ1n) is 9.08. The van der Waals surface area contributed by atoms with Crippen molar-refractivity contribution in [3.63, 3.8) is 0 Å². The minimum absolute atomic E-state index is 0.131. The van der Waals surface area contributed by atoms with Crippen LogP contribution in [0.15, 0.2) is 66.0 Å². The molecule has 0 fully saturated rings. The maximum absolute atomic E-state index is 13.3. The number of thiophene rings is 1. The molecule has 28 heavy (non-hydrogen) atoms. The number of hydrogen-bond donors (Lipinski definition) is 1. The van der Waals surface area contributed by atoms with Crippen molar-refractivity contribution in [3.05, 3.63) is 93.2 Å². The highest BCUT2D eigenvalue weighted by Crippen LogP contribution is 2.47. The summed E-state index contributed by atoms with van der Waals surface area (Å²) in [5.74, 6) is -0.403. The molecule has 5 rings (SSSR count). The Bertz CT molecular complexity index is 1090. The van der Waals surface area contributed by atoms with Gasteiger partial charge in [-0.25, -0.2) is 0 Å². The van der Waals surface area contributed by atoms with Crippen LogP contribution in [-0.2, 0) is 12.3 Å². The number of hydrogen-bond acceptors (Lipinski definition) is 4. The molecule has 3 aromatic rings. The molecule has 0 bridgehead atoms. The van der Waals surface area contributed by atoms with E-state index < -0.39 is 11.9 Å². The van der Waals surface area contributed by atoms with Gasteiger partial charge in [-0.3, -0.25) is 14.5 Å². The standard InChI is InChI=1S/C22H18N2O3S/c1-22(27)18-11-5-4-10-17(18)21(26)24(22)19-15-8-2-3-9-16(15)20(25)23(19)13-14-7-6-12-28-14/h2-12,19,27H,13H2,1H3. The zero-order chi connectivity index (χ0) is 19.5. The summed E-state index contributed by atoms with van der Waals surface area (Å²) in [6.45, 7) is 2.00. The van der Waals surface area contributed by atoms with E-state index in [-0.39, 0.29) is 11.8 Å². The van der Waals surface area contributed by atoms with E-state index in [4.69, 9.17) is 0 Å². The zero-order valence-electron chi connectivity index (χ0n) is 15.2. The summed E-state index contributed by atoms with van der Waals surface area (Å²) < 4.78 is 0. The lowest BCUT2D eigenvalue weighted by Gasteiger charge is -2.40. The van der Waals surface area contributed by atoms with Gasteiger partial charge in [0.1, 0.15) is 6.17 Å². The van der Waals surface area contributed by atoms with Gasteiger partial charge in [0.2, 0.25) is 0 Å². The highest BCUT2D eigenvalue weighted by molar-refractivity contribution is 7.09. The molecule has 0 aliphatic carbocycles. The van der Waals surface area contributed by atoms with Crippen LogP contribution in [0.5, 0.6) is 0 Å². The summed E-state index contributed by atoms with van der Waals surface area (Å²) in [6.07, 6.45) is -0.666. The molecule has 2 atom stereocenters. The first-order valence-corrected chi connectivity index (χ1v) is 9.96. The molecule has 1 aromatic heterocycles. The van der Waals surface area contributed by atoms with Gasteiger partial charge >= 0.3 is 0 Å². The molecule has 1 N–H and O–H groups in total. The van der Waals surface area contributed by atoms with Gasteiger partial charge in [-0.05, 0) is 30.5 Å². The van der Waals surface area contributed by atoms with Crippen LogP contribution in [0.25, 0.3) is 0 Å². The molecule has 2 aromatic carbocycles. The van der Waals surface area contributed by atoms with Gasteiger partial charge in [0.05, 0.1) is 6.54 Å². The molecule has 2 amide bonds. The van der Waals surface area contributed by atoms with Crippen molar-refractivity contribution in [2.24, 2.45) is 0 Å². The van der Waals surface area contributed by atoms with Crippen molar-refractivity contribution in [3.8, 4) is 0 Å². The van der Waals surface area contributed by atoms with Crippen LogP contribution in [0.3, 0.4) is 0 Å². The summed E-state index contributed by atoms with van der Waals surface area (Å²) in [7, 11) is 0. The Morgan fingerprint density at radius 1 is 0.964 bits per heavy atom. The average molecular weight is 390 g/mol. The number of benzene rings is 2. The molecular formula is C22H18N2O3S. The summed E-state index contributed by atoms with van der Waals surface area (Å²) in [5.41, 5.74) is 0.839. The Balaban J connectivity index is 1.66. The number of aliphatic hydroxyl groups is 1. The van der Waals surface area contributed by atoms with E-state index >= 15 is 0 Å². The lowest BCUT2D eigenvalue weighted by atomic mass is 10.0. The second kappa shape index (κ2) is 6.02. The molecule has 0 spiro atoms. The molecule has 140 valence electrons. The van der Waals surface area contributed by atoms with Crippen LogP contribution in [0.2, 0.25) is 0 Å². The number of rotatable bonds is 3. The predicted octanol–water partition coefficient (Wildman–Crippen LogP) is 3.72. The van der Waals surface area contributed by atoms with Crippen LogP contribution in [0.1, 0.15) is 49.8 Å². The monoisotopic (exact) mass is 390 g/mol. The smallest absolute Gasteiger partial charge is 0.258 e. The van der Waals surface area contributed by atoms with Gasteiger partial charge in [0.15, 0.2) is 5.72 Å². The third kappa shape index (κ3) is 2.28. The van der Waals surface area contributed by atoms with E-state index in [0.29, 0.717) is 23.2 Å². The van der Waals surface area contributed by atoms with E-state index in [1.54, 1.807) is 53.5 Å². The third-order valence-electron chi connectivity index (χ3n) is 5.53. The highest BCUT2D eigenvalue weighted by Gasteiger charge is 2.53. The van der Waals surface area contributed by atoms with Gasteiger partial charge in [-0.2, -0.15) is 0 Å². The fraction of sp³-hybridized carbons (Fsp3) is 0.182. The van der Waals surface area contributed by atoms with Gasteiger partial charge in [-0.1, -0.05) is 42.5 Å². The average Bonchev–Trinajstić information content (AvgIpc) is 3.35. The largest absolute Gasteiger partial charge is 0.367 e. The SMILES string of the molecule is CC1(O)c2ccccc2C(=O)N1C1c2ccccc2C(=O)N1Cc1cccs1. The Morgan fingerprint density at radius 2 is 1.68 bits per heavy atom. The molecule has 0 saturated carbocycles. The Labute approximate surface area is 166 Å². The molecule has 2 aliphatic rings. The summed E-state index contributed by atoms with van der Waals surface area (Å²) >= 11 is 1.56. The van der Waals surface area contributed by atoms with Crippen molar-refractivity contribution in [1.29, 1.82) is 0 Å². The van der Waals surface area contributed by atoms with E-state index in [1.165, 1.54) is 4.90 Å². The number of carbonyl (C=O) groups excluding carboxylic acids is 2. The molecule has 5 nitrogen and oxygen atoms in total. The van der Waals surface area contributed by atoms with Gasteiger partial charge in [0.25, 0.3) is 11.8 Å². The van der Waals surface area contributed by atoms with Crippen molar-refractivity contribution < 1.29 is 14.7 Å². The van der Waals surface area contributed by atoms with Crippen LogP contribution < -0.4 is 0 Å². The highest BCUT2D eigenvalue weighted by atomic mass is 32.1. The van der Waals surface area contributed by atoms with Crippen LogP contribution in [0.4, 0.5) is 0 Å². The Morgan fingerprint density at radius 3 is 2.39 bits per heavy atom. The molecule has 0 radical (unpaired) electrons. The van der Waals surface area contributed by atoms with E-state index in [2.05, 4.69) is 0 Å². The Kier molecular flexibility index (Phi) is 3.69. The fourth-order valence-electron chi connectivity index (χ4n) is 4.25. The van der Waals surface area contributed by atoms with Crippen LogP contribution >= 0.6 is 11.3 Å². The fourth-order valence-corrected chi connectivity index (χ4v) is 4.95. The van der Waals surface area contributed by atoms with E-state index in [0.717, 1.165) is 10.4 Å². The van der Waals surface area contributed by atoms with Gasteiger partial charge in [0, 0.05) is 27.1 Å². The number of carbonyl (C=O) groups is 2. The quantitative estimate of drug-likeness (QED) is 0.741. The zero-order valence-corrected chi connectivity index (χ0v) is 16.0. The molecule has 3 heterocycles. The molecule has 0 saturated heterocycles. The predicted molar refractivity (Wildman–Crippen MR) is 106 cm³/mol. The number of fused-ring (bicyclic) bond motifs is 2. The normalized spacial score (nSPS) is 23.3. The first kappa shape index (κ1) is 17.2. The van der Waals surface area contributed by atoms with Crippen molar-refractivity contribution in [2.45, 2.75) is 25.4 Å². The third-order valence-corrected chi connectivity index (χ3v) is 6.39. The maximum Gasteiger partial charge on any atom is 0.258 e. The summed E-state index contributed by atoms with van der Waals surface area (Å²) in [4.78, 5) is 30.6. The van der Waals surface area contributed by atoms with Crippen molar-refractivity contribution in [2.75, 3.05) is 0 Å². The van der Waals surface area contributed by atoms with Crippen LogP contribution in [0, 0.1) is 0 Å². The maximum atomic E-state index is 13.3. The first-order chi connectivity index (χ1) is 13.5. The van der Waals surface area contributed by atoms with Crippen molar-refractivity contribution >= 4 is 23.2 Å². The topological polar surface area (TPSA) is 60.9 Å². The molecule has 6 heteroatoms. The van der Waals surface area contributed by atoms with Crippen LogP contribution in [-0.4, -0.2) is 26.7 Å². The molecule has 2 unspecified atom stereocenters. The van der Waals surface area contributed by atoms with E-state index in [1.807, 2.05) is 35.7 Å².